The zero-order chi connectivity index (χ0) is 17.4. The van der Waals surface area contributed by atoms with E-state index in [0.29, 0.717) is 21.9 Å². The van der Waals surface area contributed by atoms with Gasteiger partial charge in [0.1, 0.15) is 12.4 Å². The van der Waals surface area contributed by atoms with Gasteiger partial charge in [-0.25, -0.2) is 0 Å². The predicted octanol–water partition coefficient (Wildman–Crippen LogP) is 4.17. The lowest BCUT2D eigenvalue weighted by molar-refractivity contribution is 0.0632. The van der Waals surface area contributed by atoms with Gasteiger partial charge in [-0.05, 0) is 24.3 Å². The number of halogens is 1. The topological polar surface area (TPSA) is 46.6 Å². The highest BCUT2D eigenvalue weighted by molar-refractivity contribution is 6.35. The van der Waals surface area contributed by atoms with Crippen LogP contribution in [0.5, 0.6) is 5.75 Å². The minimum Gasteiger partial charge on any atom is -0.491 e. The van der Waals surface area contributed by atoms with Gasteiger partial charge < -0.3 is 4.74 Å². The molecule has 2 amide bonds. The Morgan fingerprint density at radius 2 is 1.40 bits per heavy atom. The summed E-state index contributed by atoms with van der Waals surface area (Å²) < 4.78 is 5.83. The number of carbonyl (C=O) groups is 2. The maximum atomic E-state index is 12.3. The fourth-order valence-electron chi connectivity index (χ4n) is 3.05. The van der Waals surface area contributed by atoms with Crippen LogP contribution in [0.1, 0.15) is 20.7 Å². The Kier molecular flexibility index (Phi) is 3.90. The maximum absolute atomic E-state index is 12.3. The molecule has 0 radical (unpaired) electrons. The number of nitrogens with zero attached hydrogens (tertiary/aromatic N) is 1. The minimum atomic E-state index is -0.273. The second kappa shape index (κ2) is 6.22. The lowest BCUT2D eigenvalue weighted by Gasteiger charge is -2.15. The fraction of sp³-hybridized carbons (Fsp3) is 0.100. The van der Waals surface area contributed by atoms with Crippen molar-refractivity contribution in [2.75, 3.05) is 13.2 Å². The van der Waals surface area contributed by atoms with Crippen LogP contribution in [0, 0.1) is 0 Å². The van der Waals surface area contributed by atoms with E-state index in [4.69, 9.17) is 16.3 Å². The summed E-state index contributed by atoms with van der Waals surface area (Å²) in [6.45, 7) is 0.417. The summed E-state index contributed by atoms with van der Waals surface area (Å²) >= 11 is 6.20. The van der Waals surface area contributed by atoms with Gasteiger partial charge in [0, 0.05) is 15.8 Å². The summed E-state index contributed by atoms with van der Waals surface area (Å²) in [4.78, 5) is 25.9. The van der Waals surface area contributed by atoms with Crippen LogP contribution in [0.4, 0.5) is 0 Å². The number of fused-ring (bicyclic) bond motifs is 2. The number of carbonyl (C=O) groups excluding carboxylic acids is 2. The number of benzene rings is 3. The molecular formula is C20H14ClNO3. The van der Waals surface area contributed by atoms with E-state index in [-0.39, 0.29) is 25.0 Å². The molecule has 4 nitrogen and oxygen atoms in total. The number of amides is 2. The second-order valence-corrected chi connectivity index (χ2v) is 6.15. The van der Waals surface area contributed by atoms with E-state index in [1.807, 2.05) is 24.3 Å². The molecule has 0 spiro atoms. The Labute approximate surface area is 149 Å². The number of rotatable bonds is 4. The van der Waals surface area contributed by atoms with Gasteiger partial charge in [-0.2, -0.15) is 0 Å². The summed E-state index contributed by atoms with van der Waals surface area (Å²) in [7, 11) is 0. The molecule has 1 aliphatic rings. The highest BCUT2D eigenvalue weighted by atomic mass is 35.5. The summed E-state index contributed by atoms with van der Waals surface area (Å²) in [5, 5.41) is 2.46. The molecule has 0 saturated heterocycles. The monoisotopic (exact) mass is 351 g/mol. The quantitative estimate of drug-likeness (QED) is 0.663. The molecule has 0 aliphatic carbocycles. The van der Waals surface area contributed by atoms with Crippen molar-refractivity contribution in [3.63, 3.8) is 0 Å². The molecule has 0 aromatic heterocycles. The van der Waals surface area contributed by atoms with E-state index >= 15 is 0 Å². The van der Waals surface area contributed by atoms with E-state index in [9.17, 15) is 9.59 Å². The number of imide groups is 1. The SMILES string of the molecule is O=C1c2ccccc2C(=O)N1CCOc1ccc(Cl)c2ccccc12. The first kappa shape index (κ1) is 15.7. The van der Waals surface area contributed by atoms with Crippen LogP contribution in [0.15, 0.2) is 60.7 Å². The zero-order valence-corrected chi connectivity index (χ0v) is 14.0. The maximum Gasteiger partial charge on any atom is 0.261 e. The molecule has 3 aromatic carbocycles. The van der Waals surface area contributed by atoms with Gasteiger partial charge in [0.05, 0.1) is 17.7 Å². The average Bonchev–Trinajstić information content (AvgIpc) is 2.89. The van der Waals surface area contributed by atoms with Crippen LogP contribution in [-0.2, 0) is 0 Å². The molecule has 0 N–H and O–H groups in total. The second-order valence-electron chi connectivity index (χ2n) is 5.75. The molecule has 0 fully saturated rings. The highest BCUT2D eigenvalue weighted by Crippen LogP contribution is 2.31. The Morgan fingerprint density at radius 1 is 0.800 bits per heavy atom. The molecule has 1 heterocycles. The van der Waals surface area contributed by atoms with E-state index in [1.54, 1.807) is 36.4 Å². The molecule has 0 saturated carbocycles. The van der Waals surface area contributed by atoms with Crippen LogP contribution in [0.3, 0.4) is 0 Å². The Bertz CT molecular complexity index is 964. The standard InChI is InChI=1S/C20H14ClNO3/c21-17-9-10-18(14-6-2-1-5-13(14)17)25-12-11-22-19(23)15-7-3-4-8-16(15)20(22)24/h1-10H,11-12H2. The smallest absolute Gasteiger partial charge is 0.261 e. The van der Waals surface area contributed by atoms with Gasteiger partial charge in [-0.1, -0.05) is 48.0 Å². The van der Waals surface area contributed by atoms with E-state index in [0.717, 1.165) is 10.8 Å². The minimum absolute atomic E-state index is 0.198. The molecule has 5 heteroatoms. The Balaban J connectivity index is 1.50. The molecule has 124 valence electrons. The third kappa shape index (κ3) is 2.65. The Morgan fingerprint density at radius 3 is 2.08 bits per heavy atom. The van der Waals surface area contributed by atoms with Crippen molar-refractivity contribution in [1.29, 1.82) is 0 Å². The van der Waals surface area contributed by atoms with Crippen molar-refractivity contribution in [3.05, 3.63) is 76.8 Å². The number of ether oxygens (including phenoxy) is 1. The fourth-order valence-corrected chi connectivity index (χ4v) is 3.28. The van der Waals surface area contributed by atoms with Crippen molar-refractivity contribution in [3.8, 4) is 5.75 Å². The third-order valence-electron chi connectivity index (χ3n) is 4.28. The van der Waals surface area contributed by atoms with Crippen LogP contribution in [-0.4, -0.2) is 29.9 Å². The molecule has 1 aliphatic heterocycles. The van der Waals surface area contributed by atoms with Crippen LogP contribution < -0.4 is 4.74 Å². The summed E-state index contributed by atoms with van der Waals surface area (Å²) in [6.07, 6.45) is 0. The van der Waals surface area contributed by atoms with Crippen molar-refractivity contribution in [1.82, 2.24) is 4.90 Å². The van der Waals surface area contributed by atoms with Gasteiger partial charge in [0.25, 0.3) is 11.8 Å². The zero-order valence-electron chi connectivity index (χ0n) is 13.2. The Hall–Kier alpha value is -2.85. The van der Waals surface area contributed by atoms with Gasteiger partial charge in [0.15, 0.2) is 0 Å². The third-order valence-corrected chi connectivity index (χ3v) is 4.61. The van der Waals surface area contributed by atoms with Gasteiger partial charge in [-0.3, -0.25) is 14.5 Å². The van der Waals surface area contributed by atoms with Crippen molar-refractivity contribution in [2.24, 2.45) is 0 Å². The summed E-state index contributed by atoms with van der Waals surface area (Å²) in [6, 6.07) is 18.1. The number of hydrogen-bond donors (Lipinski definition) is 0. The largest absolute Gasteiger partial charge is 0.491 e. The molecule has 0 atom stereocenters. The lowest BCUT2D eigenvalue weighted by Crippen LogP contribution is -2.33. The highest BCUT2D eigenvalue weighted by Gasteiger charge is 2.34. The lowest BCUT2D eigenvalue weighted by atomic mass is 10.1. The molecule has 0 bridgehead atoms. The van der Waals surface area contributed by atoms with E-state index in [1.165, 1.54) is 4.90 Å². The van der Waals surface area contributed by atoms with Crippen molar-refractivity contribution >= 4 is 34.2 Å². The molecule has 0 unspecified atom stereocenters. The predicted molar refractivity (Wildman–Crippen MR) is 96.3 cm³/mol. The summed E-state index contributed by atoms with van der Waals surface area (Å²) in [5.41, 5.74) is 0.897. The van der Waals surface area contributed by atoms with Crippen molar-refractivity contribution < 1.29 is 14.3 Å². The van der Waals surface area contributed by atoms with E-state index in [2.05, 4.69) is 0 Å². The van der Waals surface area contributed by atoms with Crippen LogP contribution in [0.2, 0.25) is 5.02 Å². The summed E-state index contributed by atoms with van der Waals surface area (Å²) in [5.74, 6) is 0.131. The van der Waals surface area contributed by atoms with Gasteiger partial charge >= 0.3 is 0 Å². The normalized spacial score (nSPS) is 13.4. The molecule has 25 heavy (non-hydrogen) atoms. The first-order valence-electron chi connectivity index (χ1n) is 7.92. The average molecular weight is 352 g/mol. The molecule has 4 rings (SSSR count). The van der Waals surface area contributed by atoms with E-state index < -0.39 is 0 Å². The molecule has 3 aromatic rings. The van der Waals surface area contributed by atoms with Gasteiger partial charge in [-0.15, -0.1) is 0 Å². The first-order valence-corrected chi connectivity index (χ1v) is 8.30. The van der Waals surface area contributed by atoms with Gasteiger partial charge in [0.2, 0.25) is 0 Å². The van der Waals surface area contributed by atoms with Crippen LogP contribution in [0.25, 0.3) is 10.8 Å². The molecular weight excluding hydrogens is 338 g/mol. The van der Waals surface area contributed by atoms with Crippen molar-refractivity contribution in [2.45, 2.75) is 0 Å². The number of hydrogen-bond acceptors (Lipinski definition) is 3. The van der Waals surface area contributed by atoms with Crippen LogP contribution >= 0.6 is 11.6 Å². The first-order chi connectivity index (χ1) is 12.2.